The third kappa shape index (κ3) is 5.67. The minimum Gasteiger partial charge on any atom is -0.350 e. The molecule has 1 N–H and O–H groups in total. The molecular weight excluding hydrogens is 502 g/mol. The third-order valence-corrected chi connectivity index (χ3v) is 9.87. The van der Waals surface area contributed by atoms with Gasteiger partial charge in [-0.3, -0.25) is 4.79 Å². The highest BCUT2D eigenvalue weighted by atomic mass is 32.2. The Labute approximate surface area is 203 Å². The first-order valence-electron chi connectivity index (χ1n) is 10.8. The number of piperazine rings is 1. The average molecular weight is 530 g/mol. The van der Waals surface area contributed by atoms with Gasteiger partial charge in [-0.1, -0.05) is 18.2 Å². The lowest BCUT2D eigenvalue weighted by molar-refractivity contribution is -0.202. The van der Waals surface area contributed by atoms with Gasteiger partial charge in [0.1, 0.15) is 6.04 Å². The van der Waals surface area contributed by atoms with E-state index in [2.05, 4.69) is 5.48 Å². The van der Waals surface area contributed by atoms with E-state index in [9.17, 15) is 21.6 Å². The van der Waals surface area contributed by atoms with Crippen LogP contribution in [-0.2, 0) is 34.4 Å². The second-order valence-corrected chi connectivity index (χ2v) is 13.0. The maximum atomic E-state index is 13.5. The molecule has 4 rings (SSSR count). The van der Waals surface area contributed by atoms with Crippen LogP contribution in [0.25, 0.3) is 10.4 Å². The van der Waals surface area contributed by atoms with Gasteiger partial charge in [-0.25, -0.2) is 27.2 Å². The van der Waals surface area contributed by atoms with Crippen molar-refractivity contribution in [1.82, 2.24) is 14.1 Å². The molecule has 2 aliphatic heterocycles. The molecule has 1 amide bonds. The van der Waals surface area contributed by atoms with Gasteiger partial charge in [-0.2, -0.15) is 8.61 Å². The van der Waals surface area contributed by atoms with Gasteiger partial charge < -0.3 is 4.74 Å². The number of nitrogens with zero attached hydrogens (tertiary/aromatic N) is 2. The fourth-order valence-corrected chi connectivity index (χ4v) is 7.04. The number of hydrogen-bond donors (Lipinski definition) is 1. The summed E-state index contributed by atoms with van der Waals surface area (Å²) in [5.41, 5.74) is 3.17. The van der Waals surface area contributed by atoms with E-state index < -0.39 is 38.3 Å². The summed E-state index contributed by atoms with van der Waals surface area (Å²) in [5.74, 6) is -0.749. The second-order valence-electron chi connectivity index (χ2n) is 8.13. The van der Waals surface area contributed by atoms with E-state index in [1.807, 2.05) is 17.5 Å². The lowest BCUT2D eigenvalue weighted by Gasteiger charge is -2.38. The van der Waals surface area contributed by atoms with Crippen LogP contribution in [0.15, 0.2) is 46.7 Å². The van der Waals surface area contributed by atoms with Crippen molar-refractivity contribution < 1.29 is 31.2 Å². The number of thiophene rings is 1. The molecular formula is C21H27N3O7S3. The van der Waals surface area contributed by atoms with Gasteiger partial charge in [-0.15, -0.1) is 11.3 Å². The number of carbonyl (C=O) groups is 1. The molecule has 13 heteroatoms. The number of ether oxygens (including phenoxy) is 1. The molecule has 1 aromatic heterocycles. The van der Waals surface area contributed by atoms with Crippen LogP contribution >= 0.6 is 11.3 Å². The van der Waals surface area contributed by atoms with Gasteiger partial charge in [0.15, 0.2) is 6.29 Å². The smallest absolute Gasteiger partial charge is 0.263 e. The van der Waals surface area contributed by atoms with Crippen LogP contribution in [0, 0.1) is 0 Å². The second kappa shape index (κ2) is 10.4. The van der Waals surface area contributed by atoms with Crippen LogP contribution < -0.4 is 5.48 Å². The number of carbonyl (C=O) groups excluding carboxylic acids is 1. The molecule has 0 saturated carbocycles. The molecule has 2 atom stereocenters. The standard InChI is InChI=1S/C21H27N3O7S3/c1-33(26,27)23-11-12-24(18(15-23)21(25)22-31-20-6-2-3-13-30-20)34(28,29)17-9-7-16(8-10-17)19-5-4-14-32-19/h4-5,7-10,14,18,20H,2-3,6,11-13,15H2,1H3,(H,22,25). The zero-order valence-electron chi connectivity index (χ0n) is 18.6. The zero-order valence-corrected chi connectivity index (χ0v) is 21.1. The molecule has 2 aliphatic rings. The van der Waals surface area contributed by atoms with Gasteiger partial charge in [0.25, 0.3) is 5.91 Å². The summed E-state index contributed by atoms with van der Waals surface area (Å²) in [7, 11) is -7.71. The van der Waals surface area contributed by atoms with Crippen LogP contribution in [0.3, 0.4) is 0 Å². The van der Waals surface area contributed by atoms with Crippen molar-refractivity contribution in [2.75, 3.05) is 32.5 Å². The molecule has 3 heterocycles. The summed E-state index contributed by atoms with van der Waals surface area (Å²) in [6.07, 6.45) is 2.79. The van der Waals surface area contributed by atoms with Crippen LogP contribution in [0.2, 0.25) is 0 Å². The van der Waals surface area contributed by atoms with E-state index in [1.54, 1.807) is 23.5 Å². The number of sulfonamides is 2. The Bertz CT molecular complexity index is 1190. The number of benzene rings is 1. The monoisotopic (exact) mass is 529 g/mol. The molecule has 0 spiro atoms. The molecule has 2 aromatic rings. The van der Waals surface area contributed by atoms with Crippen LogP contribution in [0.4, 0.5) is 0 Å². The van der Waals surface area contributed by atoms with E-state index in [-0.39, 0.29) is 24.5 Å². The average Bonchev–Trinajstić information content (AvgIpc) is 3.37. The molecule has 0 aliphatic carbocycles. The van der Waals surface area contributed by atoms with E-state index in [0.717, 1.165) is 38.1 Å². The maximum absolute atomic E-state index is 13.5. The number of hydrogen-bond acceptors (Lipinski definition) is 8. The topological polar surface area (TPSA) is 122 Å². The highest BCUT2D eigenvalue weighted by molar-refractivity contribution is 7.89. The van der Waals surface area contributed by atoms with E-state index >= 15 is 0 Å². The predicted molar refractivity (Wildman–Crippen MR) is 127 cm³/mol. The fraction of sp³-hybridized carbons (Fsp3) is 0.476. The Balaban J connectivity index is 1.55. The first-order valence-corrected chi connectivity index (χ1v) is 15.0. The number of rotatable bonds is 7. The predicted octanol–water partition coefficient (Wildman–Crippen LogP) is 1.62. The van der Waals surface area contributed by atoms with Gasteiger partial charge in [-0.05, 0) is 42.0 Å². The molecule has 2 saturated heterocycles. The first-order chi connectivity index (χ1) is 16.2. The minimum atomic E-state index is -4.09. The Hall–Kier alpha value is -1.87. The maximum Gasteiger partial charge on any atom is 0.263 e. The molecule has 0 bridgehead atoms. The Kier molecular flexibility index (Phi) is 7.72. The van der Waals surface area contributed by atoms with Crippen LogP contribution in [0.1, 0.15) is 19.3 Å². The van der Waals surface area contributed by atoms with Crippen molar-refractivity contribution in [1.29, 1.82) is 0 Å². The summed E-state index contributed by atoms with van der Waals surface area (Å²) in [6.45, 7) is -0.0261. The van der Waals surface area contributed by atoms with Gasteiger partial charge >= 0.3 is 0 Å². The summed E-state index contributed by atoms with van der Waals surface area (Å²) in [4.78, 5) is 19.4. The van der Waals surface area contributed by atoms with Gasteiger partial charge in [0.2, 0.25) is 20.0 Å². The highest BCUT2D eigenvalue weighted by Crippen LogP contribution is 2.28. The van der Waals surface area contributed by atoms with E-state index in [4.69, 9.17) is 9.57 Å². The molecule has 2 fully saturated rings. The van der Waals surface area contributed by atoms with Gasteiger partial charge in [0.05, 0.1) is 11.2 Å². The molecule has 1 aromatic carbocycles. The van der Waals surface area contributed by atoms with Crippen LogP contribution in [0.5, 0.6) is 0 Å². The Morgan fingerprint density at radius 1 is 1.12 bits per heavy atom. The summed E-state index contributed by atoms with van der Waals surface area (Å²) >= 11 is 1.54. The molecule has 186 valence electrons. The normalized spacial score (nSPS) is 23.0. The fourth-order valence-electron chi connectivity index (χ4n) is 3.91. The number of nitrogens with one attached hydrogen (secondary N) is 1. The Morgan fingerprint density at radius 2 is 1.88 bits per heavy atom. The number of hydroxylamine groups is 1. The molecule has 0 radical (unpaired) electrons. The third-order valence-electron chi connectivity index (χ3n) is 5.76. The lowest BCUT2D eigenvalue weighted by Crippen LogP contribution is -2.61. The zero-order chi connectivity index (χ0) is 24.3. The summed E-state index contributed by atoms with van der Waals surface area (Å²) in [6, 6.07) is 8.97. The Morgan fingerprint density at radius 3 is 2.50 bits per heavy atom. The number of amides is 1. The van der Waals surface area contributed by atoms with Crippen molar-refractivity contribution in [3.63, 3.8) is 0 Å². The van der Waals surface area contributed by atoms with E-state index in [0.29, 0.717) is 13.0 Å². The highest BCUT2D eigenvalue weighted by Gasteiger charge is 2.42. The minimum absolute atomic E-state index is 0.0231. The van der Waals surface area contributed by atoms with Crippen molar-refractivity contribution in [3.05, 3.63) is 41.8 Å². The SMILES string of the molecule is CS(=O)(=O)N1CCN(S(=O)(=O)c2ccc(-c3cccs3)cc2)C(C(=O)NOC2CCCCO2)C1. The van der Waals surface area contributed by atoms with Crippen molar-refractivity contribution in [2.24, 2.45) is 0 Å². The quantitative estimate of drug-likeness (QED) is 0.541. The largest absolute Gasteiger partial charge is 0.350 e. The molecule has 10 nitrogen and oxygen atoms in total. The summed E-state index contributed by atoms with van der Waals surface area (Å²) in [5, 5.41) is 1.94. The van der Waals surface area contributed by atoms with Crippen molar-refractivity contribution >= 4 is 37.3 Å². The molecule has 34 heavy (non-hydrogen) atoms. The summed E-state index contributed by atoms with van der Waals surface area (Å²) < 4.78 is 58.7. The molecule has 2 unspecified atom stereocenters. The van der Waals surface area contributed by atoms with E-state index in [1.165, 1.54) is 12.1 Å². The van der Waals surface area contributed by atoms with Crippen molar-refractivity contribution in [2.45, 2.75) is 36.5 Å². The lowest BCUT2D eigenvalue weighted by atomic mass is 10.2. The first kappa shape index (κ1) is 25.2. The van der Waals surface area contributed by atoms with Gasteiger partial charge in [0, 0.05) is 37.5 Å². The van der Waals surface area contributed by atoms with Crippen LogP contribution in [-0.4, -0.2) is 76.2 Å². The van der Waals surface area contributed by atoms with Crippen molar-refractivity contribution in [3.8, 4) is 10.4 Å².